The van der Waals surface area contributed by atoms with E-state index in [1.807, 2.05) is 0 Å². The number of hydrogen-bond donors (Lipinski definition) is 3. The van der Waals surface area contributed by atoms with Crippen molar-refractivity contribution in [1.29, 1.82) is 0 Å². The van der Waals surface area contributed by atoms with Crippen molar-refractivity contribution >= 4 is 12.2 Å². The fraction of sp³-hybridized carbons (Fsp3) is 0.875. The minimum atomic E-state index is 0.384. The van der Waals surface area contributed by atoms with Gasteiger partial charge >= 0.3 is 0 Å². The van der Waals surface area contributed by atoms with Crippen molar-refractivity contribution in [3.8, 4) is 0 Å². The number of nitrogens with one attached hydrogen (secondary N) is 2. The molecule has 1 spiro atoms. The minimum absolute atomic E-state index is 0.384. The highest BCUT2D eigenvalue weighted by atomic mass is 16.3. The predicted octanol–water partition coefficient (Wildman–Crippen LogP) is 1.88. The highest BCUT2D eigenvalue weighted by Gasteiger charge is 2.37. The van der Waals surface area contributed by atoms with Crippen molar-refractivity contribution in [3.63, 3.8) is 0 Å². The van der Waals surface area contributed by atoms with Gasteiger partial charge in [-0.15, -0.1) is 0 Å². The van der Waals surface area contributed by atoms with Crippen LogP contribution in [0.2, 0.25) is 0 Å². The molecule has 5 heteroatoms. The second-order valence-corrected chi connectivity index (χ2v) is 7.01. The van der Waals surface area contributed by atoms with Gasteiger partial charge in [0.2, 0.25) is 5.96 Å². The second-order valence-electron chi connectivity index (χ2n) is 7.01. The van der Waals surface area contributed by atoms with Gasteiger partial charge in [0.05, 0.1) is 6.54 Å². The Morgan fingerprint density at radius 2 is 1.95 bits per heavy atom. The van der Waals surface area contributed by atoms with Gasteiger partial charge in [-0.2, -0.15) is 5.10 Å². The summed E-state index contributed by atoms with van der Waals surface area (Å²) in [5, 5.41) is 16.8. The molecule has 118 valence electrons. The van der Waals surface area contributed by atoms with Gasteiger partial charge in [-0.05, 0) is 68.6 Å². The molecule has 5 nitrogen and oxygen atoms in total. The second kappa shape index (κ2) is 6.77. The lowest BCUT2D eigenvalue weighted by Gasteiger charge is -2.44. The zero-order chi connectivity index (χ0) is 14.5. The van der Waals surface area contributed by atoms with E-state index in [0.717, 1.165) is 19.0 Å². The Labute approximate surface area is 127 Å². The largest absolute Gasteiger partial charge is 0.396 e. The maximum absolute atomic E-state index is 9.27. The molecule has 0 atom stereocenters. The maximum Gasteiger partial charge on any atom is 0.212 e. The van der Waals surface area contributed by atoms with Crippen molar-refractivity contribution < 1.29 is 5.11 Å². The van der Waals surface area contributed by atoms with Gasteiger partial charge < -0.3 is 10.4 Å². The average Bonchev–Trinajstić information content (AvgIpc) is 3.04. The normalized spacial score (nSPS) is 36.7. The number of aliphatic hydroxyl groups excluding tert-OH is 1. The van der Waals surface area contributed by atoms with Crippen LogP contribution < -0.4 is 10.7 Å². The molecule has 2 fully saturated rings. The molecule has 0 unspecified atom stereocenters. The van der Waals surface area contributed by atoms with Crippen molar-refractivity contribution in [3.05, 3.63) is 0 Å². The van der Waals surface area contributed by atoms with Gasteiger partial charge in [-0.25, -0.2) is 10.4 Å². The highest BCUT2D eigenvalue weighted by molar-refractivity contribution is 5.81. The van der Waals surface area contributed by atoms with Crippen LogP contribution in [0, 0.1) is 17.3 Å². The molecule has 0 aromatic heterocycles. The Kier molecular flexibility index (Phi) is 4.78. The van der Waals surface area contributed by atoms with E-state index in [0.29, 0.717) is 23.9 Å². The Morgan fingerprint density at radius 1 is 1.24 bits per heavy atom. The molecular formula is C16H28N4O. The molecule has 0 aromatic rings. The predicted molar refractivity (Wildman–Crippen MR) is 85.4 cm³/mol. The molecule has 3 aliphatic rings. The van der Waals surface area contributed by atoms with Gasteiger partial charge in [-0.3, -0.25) is 0 Å². The molecular weight excluding hydrogens is 264 g/mol. The fourth-order valence-electron chi connectivity index (χ4n) is 4.05. The topological polar surface area (TPSA) is 69.0 Å². The van der Waals surface area contributed by atoms with Gasteiger partial charge in [0.1, 0.15) is 0 Å². The molecule has 0 radical (unpaired) electrons. The third-order valence-electron chi connectivity index (χ3n) is 5.64. The summed E-state index contributed by atoms with van der Waals surface area (Å²) in [6.45, 7) is 2.15. The lowest BCUT2D eigenvalue weighted by molar-refractivity contribution is 0.0674. The van der Waals surface area contributed by atoms with Gasteiger partial charge in [0.25, 0.3) is 0 Å². The minimum Gasteiger partial charge on any atom is -0.396 e. The van der Waals surface area contributed by atoms with Crippen LogP contribution >= 0.6 is 0 Å². The summed E-state index contributed by atoms with van der Waals surface area (Å²) in [6.07, 6.45) is 12.4. The van der Waals surface area contributed by atoms with Crippen LogP contribution in [-0.2, 0) is 0 Å². The molecule has 2 saturated carbocycles. The monoisotopic (exact) mass is 292 g/mol. The van der Waals surface area contributed by atoms with Crippen LogP contribution in [-0.4, -0.2) is 37.0 Å². The number of hydrogen-bond acceptors (Lipinski definition) is 5. The van der Waals surface area contributed by atoms with Crippen LogP contribution in [0.25, 0.3) is 0 Å². The smallest absolute Gasteiger partial charge is 0.212 e. The number of guanidine groups is 1. The van der Waals surface area contributed by atoms with E-state index in [1.54, 1.807) is 0 Å². The maximum atomic E-state index is 9.27. The van der Waals surface area contributed by atoms with Crippen molar-refractivity contribution in [2.45, 2.75) is 51.4 Å². The van der Waals surface area contributed by atoms with E-state index in [1.165, 1.54) is 51.4 Å². The molecule has 0 aromatic carbocycles. The zero-order valence-electron chi connectivity index (χ0n) is 12.9. The molecule has 2 aliphatic carbocycles. The number of aliphatic imine (C=N–C) groups is 1. The molecule has 0 saturated heterocycles. The Balaban J connectivity index is 1.41. The molecule has 3 N–H and O–H groups in total. The number of rotatable bonds is 3. The van der Waals surface area contributed by atoms with Crippen molar-refractivity contribution in [2.24, 2.45) is 27.3 Å². The third kappa shape index (κ3) is 3.76. The number of aliphatic hydroxyl groups is 1. The summed E-state index contributed by atoms with van der Waals surface area (Å²) in [7, 11) is 0. The lowest BCUT2D eigenvalue weighted by Crippen LogP contribution is -2.34. The van der Waals surface area contributed by atoms with Crippen LogP contribution in [0.3, 0.4) is 0 Å². The number of hydrazone groups is 1. The van der Waals surface area contributed by atoms with Crippen LogP contribution in [0.5, 0.6) is 0 Å². The standard InChI is InChI=1S/C16H28N4O/c21-12-14-3-7-16(8-4-14)5-1-13(2-6-16)11-19-20-15-17-9-10-18-15/h11,13-14,21H,1-10,12H2,(H2,17,18,20). The third-order valence-corrected chi connectivity index (χ3v) is 5.64. The summed E-state index contributed by atoms with van der Waals surface area (Å²) in [5.41, 5.74) is 3.58. The van der Waals surface area contributed by atoms with E-state index >= 15 is 0 Å². The molecule has 0 bridgehead atoms. The Morgan fingerprint density at radius 3 is 2.57 bits per heavy atom. The quantitative estimate of drug-likeness (QED) is 0.549. The van der Waals surface area contributed by atoms with Crippen LogP contribution in [0.1, 0.15) is 51.4 Å². The lowest BCUT2D eigenvalue weighted by atomic mass is 9.62. The van der Waals surface area contributed by atoms with E-state index in [2.05, 4.69) is 27.1 Å². The van der Waals surface area contributed by atoms with E-state index in [-0.39, 0.29) is 0 Å². The summed E-state index contributed by atoms with van der Waals surface area (Å²) in [4.78, 5) is 4.26. The summed E-state index contributed by atoms with van der Waals surface area (Å²) in [6, 6.07) is 0. The highest BCUT2D eigenvalue weighted by Crippen LogP contribution is 2.49. The van der Waals surface area contributed by atoms with E-state index in [4.69, 9.17) is 0 Å². The summed E-state index contributed by atoms with van der Waals surface area (Å²) >= 11 is 0. The molecule has 0 amide bonds. The number of nitrogens with zero attached hydrogens (tertiary/aromatic N) is 2. The Bertz CT molecular complexity index is 389. The van der Waals surface area contributed by atoms with Crippen LogP contribution in [0.15, 0.2) is 10.1 Å². The fourth-order valence-corrected chi connectivity index (χ4v) is 4.05. The first kappa shape index (κ1) is 14.8. The van der Waals surface area contributed by atoms with Gasteiger partial charge in [-0.1, -0.05) is 0 Å². The van der Waals surface area contributed by atoms with Gasteiger partial charge in [0.15, 0.2) is 0 Å². The first-order valence-electron chi connectivity index (χ1n) is 8.48. The molecule has 1 aliphatic heterocycles. The average molecular weight is 292 g/mol. The van der Waals surface area contributed by atoms with Crippen molar-refractivity contribution in [1.82, 2.24) is 10.7 Å². The molecule has 3 rings (SSSR count). The summed E-state index contributed by atoms with van der Waals surface area (Å²) < 4.78 is 0. The molecule has 1 heterocycles. The SMILES string of the molecule is OCC1CCC2(CCC(C=NNC3=NCCN3)CC2)CC1. The zero-order valence-corrected chi connectivity index (χ0v) is 12.9. The first-order chi connectivity index (χ1) is 10.3. The van der Waals surface area contributed by atoms with E-state index in [9.17, 15) is 5.11 Å². The summed E-state index contributed by atoms with van der Waals surface area (Å²) in [5.74, 6) is 1.99. The van der Waals surface area contributed by atoms with Gasteiger partial charge in [0, 0.05) is 19.4 Å². The van der Waals surface area contributed by atoms with Crippen molar-refractivity contribution in [2.75, 3.05) is 19.7 Å². The van der Waals surface area contributed by atoms with E-state index < -0.39 is 0 Å². The first-order valence-corrected chi connectivity index (χ1v) is 8.48. The Hall–Kier alpha value is -1.10. The molecule has 21 heavy (non-hydrogen) atoms. The van der Waals surface area contributed by atoms with Crippen LogP contribution in [0.4, 0.5) is 0 Å².